The van der Waals surface area contributed by atoms with Crippen LogP contribution in [0, 0.1) is 11.3 Å². The lowest BCUT2D eigenvalue weighted by Crippen LogP contribution is -2.32. The molecule has 1 saturated carbocycles. The van der Waals surface area contributed by atoms with Crippen LogP contribution in [0.1, 0.15) is 27.2 Å². The number of alkyl halides is 1. The zero-order valence-electron chi connectivity index (χ0n) is 7.73. The van der Waals surface area contributed by atoms with Crippen LogP contribution in [0.25, 0.3) is 0 Å². The summed E-state index contributed by atoms with van der Waals surface area (Å²) in [6.07, 6.45) is 1.60. The highest BCUT2D eigenvalue weighted by molar-refractivity contribution is 9.09. The predicted molar refractivity (Wildman–Crippen MR) is 51.1 cm³/mol. The zero-order chi connectivity index (χ0) is 8.65. The monoisotopic (exact) mass is 220 g/mol. The molecule has 0 aromatic carbocycles. The molecule has 0 amide bonds. The van der Waals surface area contributed by atoms with Gasteiger partial charge in [0.1, 0.15) is 0 Å². The van der Waals surface area contributed by atoms with Crippen molar-refractivity contribution in [3.63, 3.8) is 0 Å². The molecule has 3 atom stereocenters. The fourth-order valence-corrected chi connectivity index (χ4v) is 3.42. The van der Waals surface area contributed by atoms with Crippen molar-refractivity contribution >= 4 is 15.9 Å². The SMILES string of the molecule is CO[C@H]1[C@@H](Br)CC(C)C1(C)C. The van der Waals surface area contributed by atoms with Gasteiger partial charge in [-0.05, 0) is 17.8 Å². The number of hydrogen-bond acceptors (Lipinski definition) is 1. The molecule has 0 radical (unpaired) electrons. The summed E-state index contributed by atoms with van der Waals surface area (Å²) >= 11 is 3.66. The van der Waals surface area contributed by atoms with E-state index in [1.54, 1.807) is 7.11 Å². The van der Waals surface area contributed by atoms with Gasteiger partial charge in [0.15, 0.2) is 0 Å². The van der Waals surface area contributed by atoms with Crippen LogP contribution in [0.15, 0.2) is 0 Å². The average molecular weight is 221 g/mol. The van der Waals surface area contributed by atoms with E-state index in [0.717, 1.165) is 5.92 Å². The summed E-state index contributed by atoms with van der Waals surface area (Å²) in [7, 11) is 1.80. The Labute approximate surface area is 77.6 Å². The number of rotatable bonds is 1. The molecule has 1 aliphatic rings. The minimum atomic E-state index is 0.322. The summed E-state index contributed by atoms with van der Waals surface area (Å²) in [6, 6.07) is 0. The molecule has 0 aromatic heterocycles. The highest BCUT2D eigenvalue weighted by atomic mass is 79.9. The first kappa shape index (κ1) is 9.53. The highest BCUT2D eigenvalue weighted by Gasteiger charge is 2.46. The third-order valence-electron chi connectivity index (χ3n) is 3.16. The van der Waals surface area contributed by atoms with E-state index in [1.807, 2.05) is 0 Å². The maximum atomic E-state index is 5.46. The summed E-state index contributed by atoms with van der Waals surface area (Å²) in [6.45, 7) is 6.87. The molecule has 0 heterocycles. The molecule has 11 heavy (non-hydrogen) atoms. The smallest absolute Gasteiger partial charge is 0.0749 e. The Morgan fingerprint density at radius 1 is 1.45 bits per heavy atom. The molecule has 2 heteroatoms. The van der Waals surface area contributed by atoms with Crippen LogP contribution < -0.4 is 0 Å². The van der Waals surface area contributed by atoms with E-state index in [1.165, 1.54) is 6.42 Å². The van der Waals surface area contributed by atoms with Gasteiger partial charge in [0.25, 0.3) is 0 Å². The number of halogens is 1. The van der Waals surface area contributed by atoms with Gasteiger partial charge in [-0.15, -0.1) is 0 Å². The standard InChI is InChI=1S/C9H17BrO/c1-6-5-7(10)8(11-4)9(6,2)3/h6-8H,5H2,1-4H3/t6?,7-,8-/m0/s1. The number of methoxy groups -OCH3 is 1. The van der Waals surface area contributed by atoms with Gasteiger partial charge in [-0.3, -0.25) is 0 Å². The minimum Gasteiger partial charge on any atom is -0.380 e. The van der Waals surface area contributed by atoms with Crippen LogP contribution in [-0.4, -0.2) is 18.0 Å². The molecule has 0 N–H and O–H groups in total. The van der Waals surface area contributed by atoms with E-state index in [2.05, 4.69) is 36.7 Å². The van der Waals surface area contributed by atoms with Crippen LogP contribution >= 0.6 is 15.9 Å². The second-order valence-corrected chi connectivity index (χ2v) is 5.31. The molecule has 66 valence electrons. The lowest BCUT2D eigenvalue weighted by molar-refractivity contribution is 0.0193. The van der Waals surface area contributed by atoms with Crippen LogP contribution in [0.2, 0.25) is 0 Å². The second-order valence-electron chi connectivity index (χ2n) is 4.13. The lowest BCUT2D eigenvalue weighted by Gasteiger charge is -2.30. The van der Waals surface area contributed by atoms with Gasteiger partial charge in [0, 0.05) is 11.9 Å². The quantitative estimate of drug-likeness (QED) is 0.618. The van der Waals surface area contributed by atoms with Crippen molar-refractivity contribution < 1.29 is 4.74 Å². The van der Waals surface area contributed by atoms with E-state index in [9.17, 15) is 0 Å². The molecule has 0 spiro atoms. The summed E-state index contributed by atoms with van der Waals surface area (Å²) in [5.41, 5.74) is 0.322. The Morgan fingerprint density at radius 3 is 2.18 bits per heavy atom. The lowest BCUT2D eigenvalue weighted by atomic mass is 9.81. The van der Waals surface area contributed by atoms with Gasteiger partial charge in [-0.1, -0.05) is 36.7 Å². The molecule has 1 fully saturated rings. The highest BCUT2D eigenvalue weighted by Crippen LogP contribution is 2.46. The molecule has 0 aliphatic heterocycles. The maximum Gasteiger partial charge on any atom is 0.0749 e. The van der Waals surface area contributed by atoms with Crippen molar-refractivity contribution in [3.8, 4) is 0 Å². The molecule has 1 nitrogen and oxygen atoms in total. The topological polar surface area (TPSA) is 9.23 Å². The molecular weight excluding hydrogens is 204 g/mol. The molecule has 1 rings (SSSR count). The van der Waals surface area contributed by atoms with Gasteiger partial charge in [0.2, 0.25) is 0 Å². The fourth-order valence-electron chi connectivity index (χ4n) is 1.96. The van der Waals surface area contributed by atoms with E-state index in [-0.39, 0.29) is 0 Å². The first-order valence-electron chi connectivity index (χ1n) is 4.17. The Hall–Kier alpha value is 0.440. The molecular formula is C9H17BrO. The van der Waals surface area contributed by atoms with Crippen LogP contribution in [-0.2, 0) is 4.74 Å². The summed E-state index contributed by atoms with van der Waals surface area (Å²) in [5.74, 6) is 0.747. The van der Waals surface area contributed by atoms with E-state index >= 15 is 0 Å². The Balaban J connectivity index is 2.76. The van der Waals surface area contributed by atoms with Gasteiger partial charge in [-0.2, -0.15) is 0 Å². The van der Waals surface area contributed by atoms with Crippen molar-refractivity contribution in [1.82, 2.24) is 0 Å². The van der Waals surface area contributed by atoms with Crippen molar-refractivity contribution in [2.45, 2.75) is 38.1 Å². The molecule has 1 unspecified atom stereocenters. The van der Waals surface area contributed by atoms with Gasteiger partial charge in [0.05, 0.1) is 6.10 Å². The molecule has 0 bridgehead atoms. The van der Waals surface area contributed by atoms with Crippen LogP contribution in [0.4, 0.5) is 0 Å². The summed E-state index contributed by atoms with van der Waals surface area (Å²) in [5, 5.41) is 0. The Kier molecular flexibility index (Phi) is 2.65. The van der Waals surface area contributed by atoms with Crippen LogP contribution in [0.3, 0.4) is 0 Å². The molecule has 0 aromatic rings. The first-order chi connectivity index (χ1) is 5.00. The summed E-state index contributed by atoms with van der Waals surface area (Å²) in [4.78, 5) is 0.539. The van der Waals surface area contributed by atoms with Crippen molar-refractivity contribution in [2.24, 2.45) is 11.3 Å². The van der Waals surface area contributed by atoms with Crippen molar-refractivity contribution in [2.75, 3.05) is 7.11 Å². The third kappa shape index (κ3) is 1.48. The van der Waals surface area contributed by atoms with E-state index < -0.39 is 0 Å². The Bertz CT molecular complexity index is 144. The second kappa shape index (κ2) is 3.06. The molecule has 1 aliphatic carbocycles. The van der Waals surface area contributed by atoms with Crippen LogP contribution in [0.5, 0.6) is 0 Å². The van der Waals surface area contributed by atoms with Crippen molar-refractivity contribution in [1.29, 1.82) is 0 Å². The first-order valence-corrected chi connectivity index (χ1v) is 5.08. The number of hydrogen-bond donors (Lipinski definition) is 0. The van der Waals surface area contributed by atoms with Gasteiger partial charge in [-0.25, -0.2) is 0 Å². The summed E-state index contributed by atoms with van der Waals surface area (Å²) < 4.78 is 5.46. The van der Waals surface area contributed by atoms with Crippen molar-refractivity contribution in [3.05, 3.63) is 0 Å². The zero-order valence-corrected chi connectivity index (χ0v) is 9.31. The predicted octanol–water partition coefficient (Wildman–Crippen LogP) is 2.83. The third-order valence-corrected chi connectivity index (χ3v) is 4.02. The Morgan fingerprint density at radius 2 is 2.00 bits per heavy atom. The largest absolute Gasteiger partial charge is 0.380 e. The fraction of sp³-hybridized carbons (Fsp3) is 1.00. The molecule has 0 saturated heterocycles. The van der Waals surface area contributed by atoms with E-state index in [0.29, 0.717) is 16.3 Å². The van der Waals surface area contributed by atoms with E-state index in [4.69, 9.17) is 4.74 Å². The minimum absolute atomic E-state index is 0.322. The van der Waals surface area contributed by atoms with Gasteiger partial charge < -0.3 is 4.74 Å². The maximum absolute atomic E-state index is 5.46. The number of ether oxygens (including phenoxy) is 1. The normalized spacial score (nSPS) is 42.8. The van der Waals surface area contributed by atoms with Gasteiger partial charge >= 0.3 is 0 Å². The average Bonchev–Trinajstić information content (AvgIpc) is 2.04.